The lowest BCUT2D eigenvalue weighted by molar-refractivity contribution is -0.138. The molecule has 2 aliphatic rings. The average molecular weight is 479 g/mol. The highest BCUT2D eigenvalue weighted by atomic mass is 16.5. The van der Waals surface area contributed by atoms with Crippen molar-refractivity contribution in [3.05, 3.63) is 59.7 Å². The second-order valence-electron chi connectivity index (χ2n) is 9.96. The number of benzene rings is 2. The van der Waals surface area contributed by atoms with E-state index in [1.807, 2.05) is 38.1 Å². The zero-order valence-corrected chi connectivity index (χ0v) is 20.3. The van der Waals surface area contributed by atoms with E-state index in [1.54, 1.807) is 0 Å². The molecule has 35 heavy (non-hydrogen) atoms. The predicted molar refractivity (Wildman–Crippen MR) is 133 cm³/mol. The van der Waals surface area contributed by atoms with Crippen LogP contribution in [0.15, 0.2) is 48.5 Å². The monoisotopic (exact) mass is 478 g/mol. The van der Waals surface area contributed by atoms with E-state index >= 15 is 0 Å². The maximum Gasteiger partial charge on any atom is 0.407 e. The van der Waals surface area contributed by atoms with Gasteiger partial charge in [0, 0.05) is 24.4 Å². The summed E-state index contributed by atoms with van der Waals surface area (Å²) in [7, 11) is 0. The molecule has 4 rings (SSSR count). The molecular weight excluding hydrogens is 444 g/mol. The Morgan fingerprint density at radius 2 is 1.63 bits per heavy atom. The summed E-state index contributed by atoms with van der Waals surface area (Å²) in [4.78, 5) is 36.6. The first kappa shape index (κ1) is 24.8. The molecule has 3 N–H and O–H groups in total. The average Bonchev–Trinajstić information content (AvgIpc) is 3.43. The zero-order valence-electron chi connectivity index (χ0n) is 20.3. The van der Waals surface area contributed by atoms with Gasteiger partial charge < -0.3 is 20.5 Å². The fourth-order valence-electron chi connectivity index (χ4n) is 5.42. The number of alkyl carbamates (subject to hydrolysis) is 1. The maximum absolute atomic E-state index is 12.9. The first-order valence-corrected chi connectivity index (χ1v) is 12.5. The summed E-state index contributed by atoms with van der Waals surface area (Å²) in [5.74, 6) is -1.26. The van der Waals surface area contributed by atoms with Crippen LogP contribution in [0.4, 0.5) is 4.79 Å². The van der Waals surface area contributed by atoms with Gasteiger partial charge in [-0.1, -0.05) is 68.8 Å². The Bertz CT molecular complexity index is 1040. The number of carbonyl (C=O) groups excluding carboxylic acids is 2. The van der Waals surface area contributed by atoms with Crippen molar-refractivity contribution in [3.63, 3.8) is 0 Å². The first-order valence-electron chi connectivity index (χ1n) is 12.5. The van der Waals surface area contributed by atoms with Gasteiger partial charge in [0.15, 0.2) is 0 Å². The number of hydrogen-bond acceptors (Lipinski definition) is 4. The Balaban J connectivity index is 1.30. The molecule has 2 aromatic carbocycles. The molecule has 0 spiro atoms. The number of rotatable bonds is 9. The zero-order chi connectivity index (χ0) is 24.9. The molecule has 1 fully saturated rings. The topological polar surface area (TPSA) is 105 Å². The molecular formula is C28H34N2O5. The van der Waals surface area contributed by atoms with Gasteiger partial charge in [0.25, 0.3) is 0 Å². The molecule has 0 radical (unpaired) electrons. The van der Waals surface area contributed by atoms with Crippen molar-refractivity contribution in [2.45, 2.75) is 51.5 Å². The van der Waals surface area contributed by atoms with Crippen LogP contribution in [0.3, 0.4) is 0 Å². The molecule has 3 unspecified atom stereocenters. The summed E-state index contributed by atoms with van der Waals surface area (Å²) < 4.78 is 5.62. The summed E-state index contributed by atoms with van der Waals surface area (Å²) in [6, 6.07) is 16.0. The Morgan fingerprint density at radius 1 is 1.00 bits per heavy atom. The van der Waals surface area contributed by atoms with Crippen molar-refractivity contribution in [2.75, 3.05) is 13.2 Å². The summed E-state index contributed by atoms with van der Waals surface area (Å²) in [5, 5.41) is 14.9. The Morgan fingerprint density at radius 3 is 2.23 bits per heavy atom. The van der Waals surface area contributed by atoms with Crippen LogP contribution in [0.1, 0.15) is 56.6 Å². The Labute approximate surface area is 206 Å². The van der Waals surface area contributed by atoms with Gasteiger partial charge in [-0.15, -0.1) is 0 Å². The summed E-state index contributed by atoms with van der Waals surface area (Å²) in [6.45, 7) is 4.41. The van der Waals surface area contributed by atoms with E-state index in [2.05, 4.69) is 34.9 Å². The molecule has 0 aliphatic heterocycles. The minimum Gasteiger partial charge on any atom is -0.481 e. The highest BCUT2D eigenvalue weighted by Gasteiger charge is 2.35. The normalized spacial score (nSPS) is 19.6. The molecule has 2 aromatic rings. The molecule has 7 nitrogen and oxygen atoms in total. The van der Waals surface area contributed by atoms with E-state index in [-0.39, 0.29) is 42.6 Å². The Kier molecular flexibility index (Phi) is 7.73. The van der Waals surface area contributed by atoms with Crippen LogP contribution < -0.4 is 10.6 Å². The highest BCUT2D eigenvalue weighted by Crippen LogP contribution is 2.44. The van der Waals surface area contributed by atoms with E-state index in [0.29, 0.717) is 6.54 Å². The maximum atomic E-state index is 12.9. The van der Waals surface area contributed by atoms with Crippen LogP contribution in [-0.4, -0.2) is 42.3 Å². The number of carboxylic acids is 1. The Hall–Kier alpha value is -3.35. The van der Waals surface area contributed by atoms with E-state index in [1.165, 1.54) is 11.1 Å². The second-order valence-corrected chi connectivity index (χ2v) is 9.96. The van der Waals surface area contributed by atoms with Crippen LogP contribution in [0, 0.1) is 17.8 Å². The van der Waals surface area contributed by atoms with Crippen molar-refractivity contribution < 1.29 is 24.2 Å². The molecule has 3 atom stereocenters. The molecule has 0 saturated heterocycles. The number of carboxylic acid groups (broad SMARTS) is 1. The highest BCUT2D eigenvalue weighted by molar-refractivity contribution is 5.81. The number of amides is 2. The fourth-order valence-corrected chi connectivity index (χ4v) is 5.42. The summed E-state index contributed by atoms with van der Waals surface area (Å²) in [5.41, 5.74) is 4.68. The van der Waals surface area contributed by atoms with Crippen molar-refractivity contribution in [1.29, 1.82) is 0 Å². The van der Waals surface area contributed by atoms with Gasteiger partial charge in [0.05, 0.1) is 6.42 Å². The number of aliphatic carboxylic acids is 1. The number of fused-ring (bicyclic) bond motifs is 3. The second kappa shape index (κ2) is 10.9. The molecule has 0 aromatic heterocycles. The minimum absolute atomic E-state index is 0.000332. The standard InChI is InChI=1S/C28H34N2O5/c1-17(2)25(14-26(31)32)30-27(33)19-13-7-8-18(19)15-29-28(34)35-16-24-22-11-5-3-9-20(22)21-10-4-6-12-23(21)24/h3-6,9-12,17-19,24-25H,7-8,13-16H2,1-2H3,(H,29,34)(H,30,33)(H,31,32). The smallest absolute Gasteiger partial charge is 0.407 e. The minimum atomic E-state index is -0.927. The van der Waals surface area contributed by atoms with Crippen molar-refractivity contribution in [1.82, 2.24) is 10.6 Å². The quantitative estimate of drug-likeness (QED) is 0.490. The van der Waals surface area contributed by atoms with E-state index < -0.39 is 18.1 Å². The van der Waals surface area contributed by atoms with E-state index in [4.69, 9.17) is 9.84 Å². The largest absolute Gasteiger partial charge is 0.481 e. The van der Waals surface area contributed by atoms with Gasteiger partial charge in [-0.25, -0.2) is 4.79 Å². The third-order valence-corrected chi connectivity index (χ3v) is 7.38. The lowest BCUT2D eigenvalue weighted by Crippen LogP contribution is -2.45. The first-order chi connectivity index (χ1) is 16.8. The number of hydrogen-bond donors (Lipinski definition) is 3. The van der Waals surface area contributed by atoms with Crippen LogP contribution >= 0.6 is 0 Å². The molecule has 2 aliphatic carbocycles. The van der Waals surface area contributed by atoms with Crippen molar-refractivity contribution in [2.24, 2.45) is 17.8 Å². The summed E-state index contributed by atoms with van der Waals surface area (Å²) in [6.07, 6.45) is 1.90. The number of carbonyl (C=O) groups is 3. The SMILES string of the molecule is CC(C)C(CC(=O)O)NC(=O)C1CCCC1CNC(=O)OCC1c2ccccc2-c2ccccc21. The van der Waals surface area contributed by atoms with Gasteiger partial charge >= 0.3 is 12.1 Å². The molecule has 1 saturated carbocycles. The molecule has 7 heteroatoms. The lowest BCUT2D eigenvalue weighted by atomic mass is 9.93. The molecule has 0 bridgehead atoms. The fraction of sp³-hybridized carbons (Fsp3) is 0.464. The third-order valence-electron chi connectivity index (χ3n) is 7.38. The number of nitrogens with one attached hydrogen (secondary N) is 2. The van der Waals surface area contributed by atoms with E-state index in [9.17, 15) is 14.4 Å². The van der Waals surface area contributed by atoms with Crippen LogP contribution in [0.5, 0.6) is 0 Å². The summed E-state index contributed by atoms with van der Waals surface area (Å²) >= 11 is 0. The lowest BCUT2D eigenvalue weighted by Gasteiger charge is -2.25. The molecule has 0 heterocycles. The molecule has 186 valence electrons. The van der Waals surface area contributed by atoms with Crippen LogP contribution in [0.2, 0.25) is 0 Å². The molecule has 2 amide bonds. The van der Waals surface area contributed by atoms with Gasteiger partial charge in [0.1, 0.15) is 6.61 Å². The number of ether oxygens (including phenoxy) is 1. The van der Waals surface area contributed by atoms with Gasteiger partial charge in [-0.2, -0.15) is 0 Å². The van der Waals surface area contributed by atoms with Gasteiger partial charge in [-0.05, 0) is 46.9 Å². The van der Waals surface area contributed by atoms with Gasteiger partial charge in [-0.3, -0.25) is 9.59 Å². The van der Waals surface area contributed by atoms with Crippen LogP contribution in [-0.2, 0) is 14.3 Å². The van der Waals surface area contributed by atoms with Gasteiger partial charge in [0.2, 0.25) is 5.91 Å². The van der Waals surface area contributed by atoms with E-state index in [0.717, 1.165) is 30.4 Å². The third kappa shape index (κ3) is 5.66. The van der Waals surface area contributed by atoms with Crippen molar-refractivity contribution >= 4 is 18.0 Å². The predicted octanol–water partition coefficient (Wildman–Crippen LogP) is 4.56. The van der Waals surface area contributed by atoms with Crippen molar-refractivity contribution in [3.8, 4) is 11.1 Å². The van der Waals surface area contributed by atoms with Crippen LogP contribution in [0.25, 0.3) is 11.1 Å².